The van der Waals surface area contributed by atoms with Gasteiger partial charge in [-0.2, -0.15) is 0 Å². The minimum Gasteiger partial charge on any atom is -0.324 e. The normalized spacial score (nSPS) is 11.0. The van der Waals surface area contributed by atoms with E-state index in [1.165, 1.54) is 0 Å². The van der Waals surface area contributed by atoms with Crippen LogP contribution < -0.4 is 0 Å². The summed E-state index contributed by atoms with van der Waals surface area (Å²) in [5.41, 5.74) is 2.00. The number of imidazole rings is 2. The second-order valence-corrected chi connectivity index (χ2v) is 7.53. The third-order valence-corrected chi connectivity index (χ3v) is 5.69. The van der Waals surface area contributed by atoms with Crippen molar-refractivity contribution in [3.05, 3.63) is 94.5 Å². The molecule has 0 aromatic carbocycles. The van der Waals surface area contributed by atoms with Crippen molar-refractivity contribution < 1.29 is 0 Å². The van der Waals surface area contributed by atoms with Crippen molar-refractivity contribution in [2.75, 3.05) is 0 Å². The van der Waals surface area contributed by atoms with Crippen LogP contribution in [0.1, 0.15) is 17.8 Å². The van der Waals surface area contributed by atoms with Crippen molar-refractivity contribution in [2.24, 2.45) is 0 Å². The maximum absolute atomic E-state index is 5.62. The van der Waals surface area contributed by atoms with Gasteiger partial charge in [0.1, 0.15) is 0 Å². The summed E-state index contributed by atoms with van der Waals surface area (Å²) in [6.07, 6.45) is 12.7. The molecule has 0 amide bonds. The molecule has 4 aromatic heterocycles. The average Bonchev–Trinajstić information content (AvgIpc) is 3.27. The van der Waals surface area contributed by atoms with Crippen molar-refractivity contribution in [3.63, 3.8) is 0 Å². The van der Waals surface area contributed by atoms with Gasteiger partial charge >= 0.3 is 0 Å². The van der Waals surface area contributed by atoms with Crippen LogP contribution in [0.5, 0.6) is 0 Å². The van der Waals surface area contributed by atoms with Crippen LogP contribution in [-0.4, -0.2) is 28.2 Å². The molecule has 0 unspecified atom stereocenters. The van der Waals surface area contributed by atoms with Gasteiger partial charge in [-0.3, -0.25) is 9.97 Å². The van der Waals surface area contributed by atoms with E-state index in [1.807, 2.05) is 70.3 Å². The zero-order valence-corrected chi connectivity index (χ0v) is 17.6. The minimum atomic E-state index is 0.689. The number of hydrogen-bond acceptors (Lipinski definition) is 4. The summed E-state index contributed by atoms with van der Waals surface area (Å²) in [5.74, 6) is 0. The highest BCUT2D eigenvalue weighted by atomic mass is 32.1. The monoisotopic (exact) mass is 422 g/mol. The van der Waals surface area contributed by atoms with Crippen molar-refractivity contribution >= 4 is 24.4 Å². The van der Waals surface area contributed by atoms with Gasteiger partial charge in [-0.05, 0) is 55.1 Å². The highest BCUT2D eigenvalue weighted by Crippen LogP contribution is 2.07. The lowest BCUT2D eigenvalue weighted by atomic mass is 10.3. The molecule has 8 heteroatoms. The molecule has 0 radical (unpaired) electrons. The number of aryl methyl sites for hydroxylation is 2. The molecule has 6 nitrogen and oxygen atoms in total. The molecular formula is C21H22N6S2. The number of aromatic nitrogens is 6. The first-order chi connectivity index (χ1) is 14.2. The quantitative estimate of drug-likeness (QED) is 0.397. The highest BCUT2D eigenvalue weighted by Gasteiger charge is 2.04. The lowest BCUT2D eigenvalue weighted by molar-refractivity contribution is 0.543. The summed E-state index contributed by atoms with van der Waals surface area (Å²) in [4.78, 5) is 8.74. The van der Waals surface area contributed by atoms with Gasteiger partial charge in [-0.15, -0.1) is 0 Å². The van der Waals surface area contributed by atoms with Crippen LogP contribution in [0.4, 0.5) is 0 Å². The van der Waals surface area contributed by atoms with E-state index in [2.05, 4.69) is 19.1 Å². The Morgan fingerprint density at radius 1 is 0.621 bits per heavy atom. The van der Waals surface area contributed by atoms with Crippen LogP contribution in [0.3, 0.4) is 0 Å². The van der Waals surface area contributed by atoms with Gasteiger partial charge in [0.05, 0.1) is 24.5 Å². The van der Waals surface area contributed by atoms with Crippen LogP contribution in [0.2, 0.25) is 0 Å². The Hall–Kier alpha value is -2.84. The van der Waals surface area contributed by atoms with E-state index in [4.69, 9.17) is 24.4 Å². The largest absolute Gasteiger partial charge is 0.324 e. The Kier molecular flexibility index (Phi) is 6.12. The maximum atomic E-state index is 5.62. The van der Waals surface area contributed by atoms with E-state index in [-0.39, 0.29) is 0 Å². The number of hydrogen-bond donors (Lipinski definition) is 0. The van der Waals surface area contributed by atoms with E-state index in [0.717, 1.165) is 40.4 Å². The summed E-state index contributed by atoms with van der Waals surface area (Å²) in [7, 11) is 0. The Labute approximate surface area is 179 Å². The van der Waals surface area contributed by atoms with Gasteiger partial charge in [-0.25, -0.2) is 0 Å². The predicted molar refractivity (Wildman–Crippen MR) is 118 cm³/mol. The molecule has 0 aliphatic carbocycles. The molecule has 0 atom stereocenters. The van der Waals surface area contributed by atoms with Crippen molar-refractivity contribution in [3.8, 4) is 0 Å². The third-order valence-electron chi connectivity index (χ3n) is 4.75. The number of rotatable bonds is 8. The van der Waals surface area contributed by atoms with Gasteiger partial charge in [0.25, 0.3) is 0 Å². The molecule has 4 aromatic rings. The number of nitrogens with zero attached hydrogens (tertiary/aromatic N) is 6. The van der Waals surface area contributed by atoms with Gasteiger partial charge in [0, 0.05) is 50.3 Å². The predicted octanol–water partition coefficient (Wildman–Crippen LogP) is 4.33. The zero-order chi connectivity index (χ0) is 20.1. The summed E-state index contributed by atoms with van der Waals surface area (Å²) < 4.78 is 9.93. The topological polar surface area (TPSA) is 45.5 Å². The Morgan fingerprint density at radius 2 is 1.07 bits per heavy atom. The highest BCUT2D eigenvalue weighted by molar-refractivity contribution is 7.71. The summed E-state index contributed by atoms with van der Waals surface area (Å²) in [6.45, 7) is 3.07. The lowest BCUT2D eigenvalue weighted by Gasteiger charge is -2.06. The molecule has 148 valence electrons. The molecule has 0 saturated heterocycles. The van der Waals surface area contributed by atoms with E-state index in [0.29, 0.717) is 13.1 Å². The van der Waals surface area contributed by atoms with Crippen LogP contribution in [-0.2, 0) is 26.2 Å². The molecule has 0 spiro atoms. The Bertz CT molecular complexity index is 1080. The Morgan fingerprint density at radius 3 is 1.48 bits per heavy atom. The fraction of sp³-hybridized carbons (Fsp3) is 0.238. The molecule has 0 bridgehead atoms. The van der Waals surface area contributed by atoms with Crippen molar-refractivity contribution in [2.45, 2.75) is 32.6 Å². The van der Waals surface area contributed by atoms with Crippen molar-refractivity contribution in [1.29, 1.82) is 0 Å². The molecule has 0 aliphatic heterocycles. The standard InChI is InChI=1S/C21H22N6S2/c28-20-24(12-14-26(20)16-18-6-1-3-8-22-18)10-5-11-25-13-15-27(21(25)29)17-19-7-2-4-9-23-19/h1-4,6-9,12-15H,5,10-11,16-17H2. The smallest absolute Gasteiger partial charge is 0.180 e. The van der Waals surface area contributed by atoms with Crippen LogP contribution in [0.15, 0.2) is 73.6 Å². The molecule has 0 N–H and O–H groups in total. The van der Waals surface area contributed by atoms with Crippen LogP contribution in [0.25, 0.3) is 0 Å². The van der Waals surface area contributed by atoms with Gasteiger partial charge in [0.15, 0.2) is 9.54 Å². The SMILES string of the molecule is S=c1n(CCCn2ccn(Cc3ccccn3)c2=S)ccn1Cc1ccccn1. The first-order valence-electron chi connectivity index (χ1n) is 9.52. The second-order valence-electron chi connectivity index (χ2n) is 6.80. The first kappa shape index (κ1) is 19.5. The fourth-order valence-electron chi connectivity index (χ4n) is 3.23. The molecule has 0 saturated carbocycles. The van der Waals surface area contributed by atoms with E-state index in [1.54, 1.807) is 12.4 Å². The summed E-state index contributed by atoms with van der Waals surface area (Å²) in [6, 6.07) is 11.8. The zero-order valence-electron chi connectivity index (χ0n) is 16.0. The first-order valence-corrected chi connectivity index (χ1v) is 10.3. The second kappa shape index (κ2) is 9.11. The molecule has 0 fully saturated rings. The summed E-state index contributed by atoms with van der Waals surface area (Å²) >= 11 is 11.2. The maximum Gasteiger partial charge on any atom is 0.180 e. The van der Waals surface area contributed by atoms with Gasteiger partial charge in [-0.1, -0.05) is 12.1 Å². The van der Waals surface area contributed by atoms with Crippen LogP contribution in [0, 0.1) is 9.54 Å². The molecule has 29 heavy (non-hydrogen) atoms. The van der Waals surface area contributed by atoms with E-state index < -0.39 is 0 Å². The molecular weight excluding hydrogens is 400 g/mol. The van der Waals surface area contributed by atoms with Crippen molar-refractivity contribution in [1.82, 2.24) is 28.2 Å². The molecule has 4 heterocycles. The lowest BCUT2D eigenvalue weighted by Crippen LogP contribution is -2.07. The number of pyridine rings is 2. The fourth-order valence-corrected chi connectivity index (χ4v) is 3.79. The Balaban J connectivity index is 1.35. The molecule has 4 rings (SSSR count). The summed E-state index contributed by atoms with van der Waals surface area (Å²) in [5, 5.41) is 0. The third kappa shape index (κ3) is 4.78. The molecule has 0 aliphatic rings. The average molecular weight is 423 g/mol. The van der Waals surface area contributed by atoms with E-state index >= 15 is 0 Å². The van der Waals surface area contributed by atoms with E-state index in [9.17, 15) is 0 Å². The van der Waals surface area contributed by atoms with Gasteiger partial charge in [0.2, 0.25) is 0 Å². The van der Waals surface area contributed by atoms with Gasteiger partial charge < -0.3 is 18.3 Å². The minimum absolute atomic E-state index is 0.689. The van der Waals surface area contributed by atoms with Crippen LogP contribution >= 0.6 is 24.4 Å².